The summed E-state index contributed by atoms with van der Waals surface area (Å²) < 4.78 is 6.89. The fourth-order valence-electron chi connectivity index (χ4n) is 3.59. The third kappa shape index (κ3) is 3.61. The zero-order chi connectivity index (χ0) is 19.7. The van der Waals surface area contributed by atoms with Gasteiger partial charge in [0, 0.05) is 4.88 Å². The van der Waals surface area contributed by atoms with Crippen LogP contribution in [0.15, 0.2) is 34.2 Å². The number of nitrogens with zero attached hydrogens (tertiary/aromatic N) is 2. The van der Waals surface area contributed by atoms with E-state index in [0.29, 0.717) is 10.9 Å². The van der Waals surface area contributed by atoms with Gasteiger partial charge in [0.15, 0.2) is 5.16 Å². The van der Waals surface area contributed by atoms with E-state index in [1.54, 1.807) is 29.9 Å². The molecule has 0 bridgehead atoms. The van der Waals surface area contributed by atoms with E-state index in [-0.39, 0.29) is 11.3 Å². The Labute approximate surface area is 171 Å². The fourth-order valence-corrected chi connectivity index (χ4v) is 5.70. The van der Waals surface area contributed by atoms with Gasteiger partial charge in [0.2, 0.25) is 0 Å². The molecule has 1 aromatic carbocycles. The standard InChI is InChI=1S/C21H22N2O3S2/c1-13(24)12-27-21-22-19-18(16-6-4-3-5-7-17(16)28-19)20(25)23(21)14-8-10-15(26-2)11-9-14/h8-11H,3-7,12H2,1-2H3. The van der Waals surface area contributed by atoms with E-state index >= 15 is 0 Å². The normalized spacial score (nSPS) is 13.9. The quantitative estimate of drug-likeness (QED) is 0.352. The molecule has 0 saturated carbocycles. The predicted octanol–water partition coefficient (Wildman–Crippen LogP) is 4.41. The molecule has 2 aromatic heterocycles. The van der Waals surface area contributed by atoms with Crippen molar-refractivity contribution >= 4 is 39.1 Å². The smallest absolute Gasteiger partial charge is 0.267 e. The second kappa shape index (κ2) is 8.09. The van der Waals surface area contributed by atoms with Crippen molar-refractivity contribution in [1.82, 2.24) is 9.55 Å². The van der Waals surface area contributed by atoms with Crippen LogP contribution in [-0.2, 0) is 17.6 Å². The first-order chi connectivity index (χ1) is 13.6. The molecule has 0 N–H and O–H groups in total. The van der Waals surface area contributed by atoms with Gasteiger partial charge in [-0.2, -0.15) is 0 Å². The minimum absolute atomic E-state index is 0.0411. The molecular weight excluding hydrogens is 392 g/mol. The molecule has 7 heteroatoms. The third-order valence-electron chi connectivity index (χ3n) is 4.94. The zero-order valence-electron chi connectivity index (χ0n) is 16.0. The van der Waals surface area contributed by atoms with Crippen molar-refractivity contribution in [3.8, 4) is 11.4 Å². The first kappa shape index (κ1) is 19.2. The Morgan fingerprint density at radius 3 is 2.68 bits per heavy atom. The summed E-state index contributed by atoms with van der Waals surface area (Å²) in [6.07, 6.45) is 5.44. The van der Waals surface area contributed by atoms with Gasteiger partial charge in [0.1, 0.15) is 16.4 Å². The molecule has 0 unspecified atom stereocenters. The largest absolute Gasteiger partial charge is 0.497 e. The van der Waals surface area contributed by atoms with E-state index in [2.05, 4.69) is 0 Å². The highest BCUT2D eigenvalue weighted by molar-refractivity contribution is 7.99. The number of aryl methyl sites for hydroxylation is 2. The molecule has 1 aliphatic carbocycles. The van der Waals surface area contributed by atoms with Gasteiger partial charge in [-0.1, -0.05) is 18.2 Å². The second-order valence-corrected chi connectivity index (χ2v) is 8.99. The number of ether oxygens (including phenoxy) is 1. The van der Waals surface area contributed by atoms with Crippen molar-refractivity contribution in [2.45, 2.75) is 44.2 Å². The first-order valence-corrected chi connectivity index (χ1v) is 11.2. The number of hydrogen-bond acceptors (Lipinski definition) is 6. The molecule has 4 rings (SSSR count). The summed E-state index contributed by atoms with van der Waals surface area (Å²) >= 11 is 2.96. The number of rotatable bonds is 5. The lowest BCUT2D eigenvalue weighted by Crippen LogP contribution is -2.22. The Morgan fingerprint density at radius 2 is 1.96 bits per heavy atom. The number of Topliss-reactive ketones (excluding diaryl/α,β-unsaturated/α-hetero) is 1. The summed E-state index contributed by atoms with van der Waals surface area (Å²) in [5.74, 6) is 1.08. The van der Waals surface area contributed by atoms with Gasteiger partial charge in [-0.25, -0.2) is 4.98 Å². The Bertz CT molecular complexity index is 1080. The van der Waals surface area contributed by atoms with Crippen molar-refractivity contribution in [1.29, 1.82) is 0 Å². The molecule has 0 atom stereocenters. The molecule has 2 heterocycles. The average molecular weight is 415 g/mol. The van der Waals surface area contributed by atoms with Crippen molar-refractivity contribution in [3.05, 3.63) is 45.1 Å². The van der Waals surface area contributed by atoms with E-state index in [0.717, 1.165) is 40.9 Å². The fraction of sp³-hybridized carbons (Fsp3) is 0.381. The van der Waals surface area contributed by atoms with E-state index in [4.69, 9.17) is 9.72 Å². The van der Waals surface area contributed by atoms with Crippen LogP contribution in [-0.4, -0.2) is 28.2 Å². The lowest BCUT2D eigenvalue weighted by molar-refractivity contribution is -0.114. The van der Waals surface area contributed by atoms with Gasteiger partial charge in [0.25, 0.3) is 5.56 Å². The maximum Gasteiger partial charge on any atom is 0.267 e. The highest BCUT2D eigenvalue weighted by Gasteiger charge is 2.22. The van der Waals surface area contributed by atoms with Gasteiger partial charge >= 0.3 is 0 Å². The Morgan fingerprint density at radius 1 is 1.21 bits per heavy atom. The molecular formula is C21H22N2O3S2. The molecule has 0 radical (unpaired) electrons. The summed E-state index contributed by atoms with van der Waals surface area (Å²) in [5.41, 5.74) is 1.88. The maximum absolute atomic E-state index is 13.6. The van der Waals surface area contributed by atoms with Crippen LogP contribution in [0, 0.1) is 0 Å². The minimum atomic E-state index is -0.0411. The molecule has 146 valence electrons. The molecule has 1 aliphatic rings. The van der Waals surface area contributed by atoms with Crippen molar-refractivity contribution in [2.24, 2.45) is 0 Å². The van der Waals surface area contributed by atoms with Crippen LogP contribution in [0.2, 0.25) is 0 Å². The van der Waals surface area contributed by atoms with E-state index < -0.39 is 0 Å². The number of thioether (sulfide) groups is 1. The van der Waals surface area contributed by atoms with Crippen LogP contribution in [0.3, 0.4) is 0 Å². The van der Waals surface area contributed by atoms with Crippen LogP contribution < -0.4 is 10.3 Å². The number of benzene rings is 1. The molecule has 3 aromatic rings. The number of ketones is 1. The van der Waals surface area contributed by atoms with Crippen LogP contribution >= 0.6 is 23.1 Å². The van der Waals surface area contributed by atoms with Gasteiger partial charge in [-0.05, 0) is 62.4 Å². The zero-order valence-corrected chi connectivity index (χ0v) is 17.6. The van der Waals surface area contributed by atoms with Crippen molar-refractivity contribution in [3.63, 3.8) is 0 Å². The monoisotopic (exact) mass is 414 g/mol. The summed E-state index contributed by atoms with van der Waals surface area (Å²) in [4.78, 5) is 32.1. The summed E-state index contributed by atoms with van der Waals surface area (Å²) in [6.45, 7) is 1.55. The third-order valence-corrected chi connectivity index (χ3v) is 7.21. The number of thiophene rings is 1. The van der Waals surface area contributed by atoms with E-state index in [1.807, 2.05) is 24.3 Å². The number of carbonyl (C=O) groups is 1. The number of aromatic nitrogens is 2. The highest BCUT2D eigenvalue weighted by atomic mass is 32.2. The number of fused-ring (bicyclic) bond motifs is 3. The predicted molar refractivity (Wildman–Crippen MR) is 114 cm³/mol. The Balaban J connectivity index is 1.94. The molecule has 0 fully saturated rings. The van der Waals surface area contributed by atoms with Gasteiger partial charge in [-0.15, -0.1) is 11.3 Å². The summed E-state index contributed by atoms with van der Waals surface area (Å²) in [5, 5.41) is 1.32. The molecule has 0 saturated heterocycles. The first-order valence-electron chi connectivity index (χ1n) is 9.42. The molecule has 5 nitrogen and oxygen atoms in total. The van der Waals surface area contributed by atoms with E-state index in [1.165, 1.54) is 35.0 Å². The number of methoxy groups -OCH3 is 1. The lowest BCUT2D eigenvalue weighted by atomic mass is 10.1. The molecule has 0 amide bonds. The minimum Gasteiger partial charge on any atom is -0.497 e. The van der Waals surface area contributed by atoms with Gasteiger partial charge in [0.05, 0.1) is 23.9 Å². The maximum atomic E-state index is 13.6. The SMILES string of the molecule is COc1ccc(-n2c(SCC(C)=O)nc3sc4c(c3c2=O)CCCCC4)cc1. The molecule has 0 spiro atoms. The topological polar surface area (TPSA) is 61.2 Å². The lowest BCUT2D eigenvalue weighted by Gasteiger charge is -2.12. The second-order valence-electron chi connectivity index (χ2n) is 6.97. The Hall–Kier alpha value is -2.12. The van der Waals surface area contributed by atoms with Crippen LogP contribution in [0.25, 0.3) is 15.9 Å². The highest BCUT2D eigenvalue weighted by Crippen LogP contribution is 2.34. The summed E-state index contributed by atoms with van der Waals surface area (Å²) in [6, 6.07) is 7.38. The number of carbonyl (C=O) groups excluding carboxylic acids is 1. The van der Waals surface area contributed by atoms with Crippen molar-refractivity contribution < 1.29 is 9.53 Å². The Kier molecular flexibility index (Phi) is 5.55. The van der Waals surface area contributed by atoms with Crippen LogP contribution in [0.1, 0.15) is 36.6 Å². The molecule has 28 heavy (non-hydrogen) atoms. The molecule has 0 aliphatic heterocycles. The van der Waals surface area contributed by atoms with Gasteiger partial charge in [-0.3, -0.25) is 14.2 Å². The van der Waals surface area contributed by atoms with E-state index in [9.17, 15) is 9.59 Å². The number of hydrogen-bond donors (Lipinski definition) is 0. The van der Waals surface area contributed by atoms with Crippen LogP contribution in [0.5, 0.6) is 5.75 Å². The van der Waals surface area contributed by atoms with Crippen LogP contribution in [0.4, 0.5) is 0 Å². The summed E-state index contributed by atoms with van der Waals surface area (Å²) in [7, 11) is 1.61. The van der Waals surface area contributed by atoms with Gasteiger partial charge < -0.3 is 4.74 Å². The van der Waals surface area contributed by atoms with Crippen molar-refractivity contribution in [2.75, 3.05) is 12.9 Å². The average Bonchev–Trinajstić information content (AvgIpc) is 2.88.